The van der Waals surface area contributed by atoms with E-state index in [1.807, 2.05) is 0 Å². The van der Waals surface area contributed by atoms with Gasteiger partial charge in [0, 0.05) is 31.3 Å². The molecule has 0 spiro atoms. The van der Waals surface area contributed by atoms with Crippen molar-refractivity contribution < 1.29 is 35.9 Å². The molecule has 7 nitrogen and oxygen atoms in total. The molecule has 2 aliphatic rings. The van der Waals surface area contributed by atoms with Gasteiger partial charge in [-0.15, -0.1) is 0 Å². The third kappa shape index (κ3) is 4.08. The maximum Gasteiger partial charge on any atom is 0.416 e. The molecular formula is C19H17F3N2O5S. The van der Waals surface area contributed by atoms with Gasteiger partial charge in [-0.1, -0.05) is 6.07 Å². The summed E-state index contributed by atoms with van der Waals surface area (Å²) in [5.74, 6) is 0.588. The van der Waals surface area contributed by atoms with Crippen LogP contribution < -0.4 is 19.1 Å². The van der Waals surface area contributed by atoms with Gasteiger partial charge in [-0.25, -0.2) is 13.1 Å². The van der Waals surface area contributed by atoms with E-state index in [1.165, 1.54) is 4.90 Å². The van der Waals surface area contributed by atoms with Crippen LogP contribution in [-0.4, -0.2) is 34.2 Å². The minimum absolute atomic E-state index is 0.0780. The van der Waals surface area contributed by atoms with E-state index in [-0.39, 0.29) is 38.1 Å². The van der Waals surface area contributed by atoms with Crippen LogP contribution in [0.15, 0.2) is 47.4 Å². The van der Waals surface area contributed by atoms with Gasteiger partial charge < -0.3 is 14.4 Å². The third-order valence-corrected chi connectivity index (χ3v) is 6.33. The first-order valence-corrected chi connectivity index (χ1v) is 10.5. The van der Waals surface area contributed by atoms with Crippen molar-refractivity contribution in [1.29, 1.82) is 0 Å². The van der Waals surface area contributed by atoms with Crippen molar-refractivity contribution in [2.45, 2.75) is 17.5 Å². The number of carbonyl (C=O) groups excluding carboxylic acids is 1. The van der Waals surface area contributed by atoms with Crippen LogP contribution in [0.2, 0.25) is 0 Å². The fourth-order valence-electron chi connectivity index (χ4n) is 3.37. The van der Waals surface area contributed by atoms with E-state index in [0.717, 1.165) is 18.2 Å². The van der Waals surface area contributed by atoms with Crippen molar-refractivity contribution in [3.63, 3.8) is 0 Å². The van der Waals surface area contributed by atoms with Crippen LogP contribution >= 0.6 is 0 Å². The molecule has 2 heterocycles. The van der Waals surface area contributed by atoms with Gasteiger partial charge in [0.1, 0.15) is 0 Å². The number of hydrogen-bond donors (Lipinski definition) is 1. The molecule has 1 N–H and O–H groups in total. The van der Waals surface area contributed by atoms with E-state index >= 15 is 0 Å². The normalized spacial score (nSPS) is 18.8. The third-order valence-electron chi connectivity index (χ3n) is 4.91. The van der Waals surface area contributed by atoms with Gasteiger partial charge in [0.2, 0.25) is 22.7 Å². The Morgan fingerprint density at radius 2 is 1.87 bits per heavy atom. The summed E-state index contributed by atoms with van der Waals surface area (Å²) < 4.78 is 76.2. The fourth-order valence-corrected chi connectivity index (χ4v) is 4.53. The van der Waals surface area contributed by atoms with Crippen LogP contribution in [0.5, 0.6) is 11.5 Å². The zero-order valence-electron chi connectivity index (χ0n) is 15.5. The molecule has 160 valence electrons. The standard InChI is InChI=1S/C19H17F3N2O5S/c20-19(21,22)13-2-1-3-15(7-13)30(26,27)23-9-12-6-18(25)24(10-12)14-4-5-16-17(8-14)29-11-28-16/h1-5,7-8,12,23H,6,9-11H2/t12-/m1/s1. The molecular weight excluding hydrogens is 425 g/mol. The summed E-state index contributed by atoms with van der Waals surface area (Å²) in [6.45, 7) is 0.293. The number of halogens is 3. The van der Waals surface area contributed by atoms with Crippen molar-refractivity contribution >= 4 is 21.6 Å². The minimum Gasteiger partial charge on any atom is -0.454 e. The molecule has 2 aromatic carbocycles. The van der Waals surface area contributed by atoms with Crippen LogP contribution in [0.4, 0.5) is 18.9 Å². The molecule has 0 unspecified atom stereocenters. The summed E-state index contributed by atoms with van der Waals surface area (Å²) in [5.41, 5.74) is -0.442. The van der Waals surface area contributed by atoms with Crippen molar-refractivity contribution in [2.75, 3.05) is 24.8 Å². The molecule has 30 heavy (non-hydrogen) atoms. The lowest BCUT2D eigenvalue weighted by Crippen LogP contribution is -2.31. The van der Waals surface area contributed by atoms with Crippen molar-refractivity contribution in [1.82, 2.24) is 4.72 Å². The summed E-state index contributed by atoms with van der Waals surface area (Å²) in [6.07, 6.45) is -4.53. The number of amides is 1. The lowest BCUT2D eigenvalue weighted by molar-refractivity contribution is -0.137. The first-order chi connectivity index (χ1) is 14.1. The Balaban J connectivity index is 1.43. The molecule has 0 bridgehead atoms. The van der Waals surface area contributed by atoms with Gasteiger partial charge in [-0.05, 0) is 36.2 Å². The Morgan fingerprint density at radius 1 is 1.10 bits per heavy atom. The van der Waals surface area contributed by atoms with E-state index in [4.69, 9.17) is 9.47 Å². The van der Waals surface area contributed by atoms with Crippen LogP contribution in [0, 0.1) is 5.92 Å². The summed E-state index contributed by atoms with van der Waals surface area (Å²) in [5, 5.41) is 0. The predicted octanol–water partition coefficient (Wildman–Crippen LogP) is 2.77. The highest BCUT2D eigenvalue weighted by atomic mass is 32.2. The van der Waals surface area contributed by atoms with Crippen molar-refractivity contribution in [3.8, 4) is 11.5 Å². The Bertz CT molecular complexity index is 1090. The zero-order chi connectivity index (χ0) is 21.5. The molecule has 2 aromatic rings. The topological polar surface area (TPSA) is 84.9 Å². The zero-order valence-corrected chi connectivity index (χ0v) is 16.3. The number of carbonyl (C=O) groups is 1. The molecule has 0 saturated carbocycles. The largest absolute Gasteiger partial charge is 0.454 e. The molecule has 1 saturated heterocycles. The number of nitrogens with one attached hydrogen (secondary N) is 1. The molecule has 1 amide bonds. The summed E-state index contributed by atoms with van der Waals surface area (Å²) in [6, 6.07) is 8.59. The second-order valence-electron chi connectivity index (χ2n) is 6.99. The number of sulfonamides is 1. The fraction of sp³-hybridized carbons (Fsp3) is 0.316. The van der Waals surface area contributed by atoms with Gasteiger partial charge in [0.25, 0.3) is 0 Å². The quantitative estimate of drug-likeness (QED) is 0.770. The highest BCUT2D eigenvalue weighted by Crippen LogP contribution is 2.37. The monoisotopic (exact) mass is 442 g/mol. The predicted molar refractivity (Wildman–Crippen MR) is 99.7 cm³/mol. The van der Waals surface area contributed by atoms with Crippen LogP contribution in [0.1, 0.15) is 12.0 Å². The van der Waals surface area contributed by atoms with Gasteiger partial charge in [-0.2, -0.15) is 13.2 Å². The summed E-state index contributed by atoms with van der Waals surface area (Å²) >= 11 is 0. The van der Waals surface area contributed by atoms with E-state index < -0.39 is 26.7 Å². The molecule has 1 fully saturated rings. The number of nitrogens with zero attached hydrogens (tertiary/aromatic N) is 1. The van der Waals surface area contributed by atoms with Gasteiger partial charge in [-0.3, -0.25) is 4.79 Å². The first kappa shape index (κ1) is 20.5. The molecule has 2 aliphatic heterocycles. The Morgan fingerprint density at radius 3 is 2.63 bits per heavy atom. The Kier molecular flexibility index (Phi) is 5.10. The molecule has 0 aliphatic carbocycles. The number of alkyl halides is 3. The van der Waals surface area contributed by atoms with E-state index in [1.54, 1.807) is 18.2 Å². The molecule has 0 radical (unpaired) electrons. The van der Waals surface area contributed by atoms with Gasteiger partial charge in [0.15, 0.2) is 11.5 Å². The first-order valence-electron chi connectivity index (χ1n) is 9.00. The highest BCUT2D eigenvalue weighted by molar-refractivity contribution is 7.89. The lowest BCUT2D eigenvalue weighted by Gasteiger charge is -2.17. The van der Waals surface area contributed by atoms with Crippen LogP contribution in [0.3, 0.4) is 0 Å². The lowest BCUT2D eigenvalue weighted by atomic mass is 10.1. The second-order valence-corrected chi connectivity index (χ2v) is 8.76. The Hall–Kier alpha value is -2.79. The number of rotatable bonds is 5. The smallest absolute Gasteiger partial charge is 0.416 e. The number of anilines is 1. The number of benzene rings is 2. The molecule has 11 heteroatoms. The van der Waals surface area contributed by atoms with Gasteiger partial charge >= 0.3 is 6.18 Å². The number of fused-ring (bicyclic) bond motifs is 1. The van der Waals surface area contributed by atoms with E-state index in [2.05, 4.69) is 4.72 Å². The molecule has 1 atom stereocenters. The minimum atomic E-state index is -4.64. The highest BCUT2D eigenvalue weighted by Gasteiger charge is 2.34. The number of ether oxygens (including phenoxy) is 2. The SMILES string of the molecule is O=C1C[C@H](CNS(=O)(=O)c2cccc(C(F)(F)F)c2)CN1c1ccc2c(c1)OCO2. The Labute approximate surface area is 170 Å². The van der Waals surface area contributed by atoms with Crippen molar-refractivity contribution in [2.24, 2.45) is 5.92 Å². The van der Waals surface area contributed by atoms with E-state index in [0.29, 0.717) is 23.3 Å². The van der Waals surface area contributed by atoms with Crippen molar-refractivity contribution in [3.05, 3.63) is 48.0 Å². The molecule has 4 rings (SSSR count). The summed E-state index contributed by atoms with van der Waals surface area (Å²) in [4.78, 5) is 13.4. The van der Waals surface area contributed by atoms with Gasteiger partial charge in [0.05, 0.1) is 10.5 Å². The maximum atomic E-state index is 12.8. The summed E-state index contributed by atoms with van der Waals surface area (Å²) in [7, 11) is -4.15. The average Bonchev–Trinajstić information content (AvgIpc) is 3.31. The second kappa shape index (κ2) is 7.47. The maximum absolute atomic E-state index is 12.8. The number of hydrogen-bond acceptors (Lipinski definition) is 5. The average molecular weight is 442 g/mol. The van der Waals surface area contributed by atoms with E-state index in [9.17, 15) is 26.4 Å². The molecule has 0 aromatic heterocycles. The van der Waals surface area contributed by atoms with Crippen LogP contribution in [0.25, 0.3) is 0 Å². The van der Waals surface area contributed by atoms with Crippen LogP contribution in [-0.2, 0) is 21.0 Å².